The van der Waals surface area contributed by atoms with Gasteiger partial charge in [-0.2, -0.15) is 13.2 Å². The molecule has 1 aromatic carbocycles. The largest absolute Gasteiger partial charge is 0.530 e. The predicted molar refractivity (Wildman–Crippen MR) is 107 cm³/mol. The summed E-state index contributed by atoms with van der Waals surface area (Å²) < 4.78 is 45.8. The average molecular weight is 436 g/mol. The van der Waals surface area contributed by atoms with Gasteiger partial charge in [-0.05, 0) is 35.9 Å². The summed E-state index contributed by atoms with van der Waals surface area (Å²) in [5.41, 5.74) is -0.742. The first-order valence-corrected chi connectivity index (χ1v) is 9.62. The number of hydrogen-bond acceptors (Lipinski definition) is 5. The highest BCUT2D eigenvalue weighted by Crippen LogP contribution is 2.28. The Kier molecular flexibility index (Phi) is 6.37. The normalized spacial score (nSPS) is 13.0. The lowest BCUT2D eigenvalue weighted by molar-refractivity contribution is -0.252. The third-order valence-electron chi connectivity index (χ3n) is 4.71. The van der Waals surface area contributed by atoms with Crippen molar-refractivity contribution in [1.29, 1.82) is 0 Å². The molecular weight excluding hydrogens is 415 g/mol. The van der Waals surface area contributed by atoms with E-state index in [4.69, 9.17) is 4.74 Å². The number of pyridine rings is 2. The molecule has 166 valence electrons. The Balaban J connectivity index is 2.03. The minimum atomic E-state index is -4.61. The molecule has 1 atom stereocenters. The van der Waals surface area contributed by atoms with Crippen LogP contribution in [0.1, 0.15) is 20.3 Å². The van der Waals surface area contributed by atoms with Crippen LogP contribution in [0.3, 0.4) is 0 Å². The summed E-state index contributed by atoms with van der Waals surface area (Å²) in [5, 5.41) is 14.2. The molecule has 0 saturated carbocycles. The first-order valence-electron chi connectivity index (χ1n) is 9.62. The molecule has 1 amide bonds. The highest BCUT2D eigenvalue weighted by molar-refractivity contribution is 6.05. The van der Waals surface area contributed by atoms with Crippen molar-refractivity contribution >= 4 is 27.8 Å². The lowest BCUT2D eigenvalue weighted by Crippen LogP contribution is -2.46. The number of aromatic nitrogens is 2. The number of carbonyl (C=O) groups excluding carboxylic acids is 1. The van der Waals surface area contributed by atoms with E-state index in [9.17, 15) is 27.9 Å². The molecule has 2 heterocycles. The molecule has 31 heavy (non-hydrogen) atoms. The number of hydrogen-bond donors (Lipinski definition) is 1. The maximum atomic E-state index is 13.2. The van der Waals surface area contributed by atoms with Crippen LogP contribution in [0, 0.1) is 5.92 Å². The molecule has 0 saturated heterocycles. The molecule has 3 rings (SSSR count). The zero-order valence-corrected chi connectivity index (χ0v) is 16.9. The van der Waals surface area contributed by atoms with Crippen molar-refractivity contribution in [3.63, 3.8) is 0 Å². The number of nitrogens with zero attached hydrogens (tertiary/aromatic N) is 2. The van der Waals surface area contributed by atoms with Gasteiger partial charge < -0.3 is 20.0 Å². The molecule has 0 aliphatic rings. The van der Waals surface area contributed by atoms with Gasteiger partial charge in [-0.15, -0.1) is 0 Å². The van der Waals surface area contributed by atoms with Crippen LogP contribution in [-0.2, 0) is 6.54 Å². The summed E-state index contributed by atoms with van der Waals surface area (Å²) >= 11 is 0. The Hall–Kier alpha value is -3.30. The topological polar surface area (TPSA) is 96.3 Å². The van der Waals surface area contributed by atoms with Crippen LogP contribution in [0.15, 0.2) is 41.5 Å². The van der Waals surface area contributed by atoms with Crippen LogP contribution in [0.4, 0.5) is 18.0 Å². The van der Waals surface area contributed by atoms with Gasteiger partial charge in [0.2, 0.25) is 0 Å². The number of fused-ring (bicyclic) bond motifs is 3. The van der Waals surface area contributed by atoms with Crippen LogP contribution in [0.25, 0.3) is 21.7 Å². The number of alkyl halides is 3. The van der Waals surface area contributed by atoms with Crippen molar-refractivity contribution in [2.45, 2.75) is 39.0 Å². The van der Waals surface area contributed by atoms with Crippen molar-refractivity contribution in [3.8, 4) is 5.75 Å². The summed E-state index contributed by atoms with van der Waals surface area (Å²) in [6, 6.07) is 5.51. The van der Waals surface area contributed by atoms with Gasteiger partial charge in [0, 0.05) is 23.8 Å². The fourth-order valence-electron chi connectivity index (χ4n) is 3.54. The molecule has 0 fully saturated rings. The van der Waals surface area contributed by atoms with E-state index in [1.165, 1.54) is 18.5 Å². The molecule has 7 nitrogen and oxygen atoms in total. The Bertz CT molecular complexity index is 1160. The second kappa shape index (κ2) is 8.83. The zero-order chi connectivity index (χ0) is 22.8. The molecular formula is C21H21F3N3O4-. The van der Waals surface area contributed by atoms with Gasteiger partial charge >= 0.3 is 6.18 Å². The van der Waals surface area contributed by atoms with Gasteiger partial charge in [0.15, 0.2) is 0 Å². The molecule has 0 radical (unpaired) electrons. The van der Waals surface area contributed by atoms with E-state index in [-0.39, 0.29) is 29.2 Å². The summed E-state index contributed by atoms with van der Waals surface area (Å²) in [5.74, 6) is 0.388. The van der Waals surface area contributed by atoms with Gasteiger partial charge in [0.25, 0.3) is 5.56 Å². The molecule has 3 aromatic rings. The van der Waals surface area contributed by atoms with Gasteiger partial charge in [0.1, 0.15) is 25.0 Å². The number of halogens is 3. The van der Waals surface area contributed by atoms with E-state index < -0.39 is 30.4 Å². The van der Waals surface area contributed by atoms with E-state index in [0.29, 0.717) is 21.8 Å². The maximum Gasteiger partial charge on any atom is 0.406 e. The number of rotatable bonds is 7. The quantitative estimate of drug-likeness (QED) is 0.575. The van der Waals surface area contributed by atoms with Crippen LogP contribution >= 0.6 is 0 Å². The smallest absolute Gasteiger partial charge is 0.406 e. The van der Waals surface area contributed by atoms with E-state index in [2.05, 4.69) is 10.3 Å². The van der Waals surface area contributed by atoms with Crippen LogP contribution in [0.2, 0.25) is 0 Å². The number of carboxylic acid groups (broad SMARTS) is 1. The summed E-state index contributed by atoms with van der Waals surface area (Å²) in [6.45, 7) is 2.32. The van der Waals surface area contributed by atoms with Gasteiger partial charge in [-0.3, -0.25) is 14.3 Å². The third kappa shape index (κ3) is 5.44. The van der Waals surface area contributed by atoms with Crippen LogP contribution in [-0.4, -0.2) is 34.5 Å². The average Bonchev–Trinajstić information content (AvgIpc) is 2.67. The van der Waals surface area contributed by atoms with Crippen molar-refractivity contribution in [2.24, 2.45) is 5.92 Å². The highest BCUT2D eigenvalue weighted by atomic mass is 19.4. The SMILES string of the molecule is CC(C)CC(COc1ccc2c3ccncc3c(=O)n(CC(F)(F)F)c2c1)NC(=O)[O-]. The van der Waals surface area contributed by atoms with Crippen LogP contribution < -0.4 is 20.7 Å². The lowest BCUT2D eigenvalue weighted by Gasteiger charge is -2.22. The first-order chi connectivity index (χ1) is 14.5. The zero-order valence-electron chi connectivity index (χ0n) is 16.9. The van der Waals surface area contributed by atoms with E-state index in [0.717, 1.165) is 0 Å². The molecule has 0 bridgehead atoms. The van der Waals surface area contributed by atoms with E-state index >= 15 is 0 Å². The van der Waals surface area contributed by atoms with Crippen LogP contribution in [0.5, 0.6) is 5.75 Å². The molecule has 10 heteroatoms. The minimum absolute atomic E-state index is 0.0430. The molecule has 0 aliphatic carbocycles. The number of benzene rings is 1. The number of carbonyl (C=O) groups is 1. The standard InChI is InChI=1S/C21H22F3N3O4/c1-12(2)7-13(26-20(29)30)10-31-14-3-4-16-15-5-6-25-9-17(15)19(28)27(18(16)8-14)11-21(22,23)24/h3-6,8-9,12-13,26H,7,10-11H2,1-2H3,(H,29,30)/p-1. The van der Waals surface area contributed by atoms with Crippen molar-refractivity contribution in [2.75, 3.05) is 6.61 Å². The minimum Gasteiger partial charge on any atom is -0.530 e. The Morgan fingerprint density at radius 3 is 2.61 bits per heavy atom. The Morgan fingerprint density at radius 1 is 1.23 bits per heavy atom. The van der Waals surface area contributed by atoms with Crippen molar-refractivity contribution < 1.29 is 27.8 Å². The fourth-order valence-corrected chi connectivity index (χ4v) is 3.54. The summed E-state index contributed by atoms with van der Waals surface area (Å²) in [7, 11) is 0. The molecule has 0 aliphatic heterocycles. The van der Waals surface area contributed by atoms with E-state index in [1.54, 1.807) is 18.2 Å². The van der Waals surface area contributed by atoms with E-state index in [1.807, 2.05) is 13.8 Å². The third-order valence-corrected chi connectivity index (χ3v) is 4.71. The monoisotopic (exact) mass is 436 g/mol. The fraction of sp³-hybridized carbons (Fsp3) is 0.381. The van der Waals surface area contributed by atoms with Crippen molar-refractivity contribution in [1.82, 2.24) is 14.9 Å². The second-order valence-corrected chi connectivity index (χ2v) is 7.68. The molecule has 0 spiro atoms. The van der Waals surface area contributed by atoms with Gasteiger partial charge in [-0.25, -0.2) is 0 Å². The second-order valence-electron chi connectivity index (χ2n) is 7.68. The van der Waals surface area contributed by atoms with Gasteiger partial charge in [0.05, 0.1) is 16.9 Å². The molecule has 1 unspecified atom stereocenters. The predicted octanol–water partition coefficient (Wildman–Crippen LogP) is 2.84. The Morgan fingerprint density at radius 2 is 1.97 bits per heavy atom. The molecule has 2 aromatic heterocycles. The first kappa shape index (κ1) is 22.4. The van der Waals surface area contributed by atoms with Gasteiger partial charge in [-0.1, -0.05) is 13.8 Å². The number of ether oxygens (including phenoxy) is 1. The summed E-state index contributed by atoms with van der Waals surface area (Å²) in [4.78, 5) is 27.5. The summed E-state index contributed by atoms with van der Waals surface area (Å²) in [6.07, 6.45) is -2.85. The maximum absolute atomic E-state index is 13.2. The van der Waals surface area contributed by atoms with Crippen molar-refractivity contribution in [3.05, 3.63) is 47.0 Å². The number of nitrogens with one attached hydrogen (secondary N) is 1. The Labute approximate surface area is 175 Å². The lowest BCUT2D eigenvalue weighted by atomic mass is 10.0. The number of amides is 1. The molecule has 1 N–H and O–H groups in total. The highest BCUT2D eigenvalue weighted by Gasteiger charge is 2.30.